The van der Waals surface area contributed by atoms with Crippen LogP contribution in [0.2, 0.25) is 5.02 Å². The molecule has 236 valence electrons. The minimum absolute atomic E-state index is 0.120. The van der Waals surface area contributed by atoms with E-state index in [0.717, 1.165) is 70.9 Å². The van der Waals surface area contributed by atoms with Crippen molar-refractivity contribution in [1.82, 2.24) is 19.8 Å². The minimum Gasteiger partial charge on any atom is -0.463 e. The first-order valence-corrected chi connectivity index (χ1v) is 15.9. The molecule has 2 aromatic carbocycles. The lowest BCUT2D eigenvalue weighted by Gasteiger charge is -2.41. The molecule has 2 fully saturated rings. The van der Waals surface area contributed by atoms with Gasteiger partial charge in [0.1, 0.15) is 18.5 Å². The molecule has 2 aliphatic heterocycles. The number of rotatable bonds is 10. The smallest absolute Gasteiger partial charge is 0.318 e. The van der Waals surface area contributed by atoms with Gasteiger partial charge in [0.25, 0.3) is 0 Å². The molecule has 9 nitrogen and oxygen atoms in total. The van der Waals surface area contributed by atoms with E-state index in [2.05, 4.69) is 57.9 Å². The Hall–Kier alpha value is -3.94. The molecule has 1 aliphatic carbocycles. The molecular formula is C34H39ClFN7O2. The van der Waals surface area contributed by atoms with Gasteiger partial charge in [-0.15, -0.1) is 0 Å². The van der Waals surface area contributed by atoms with Crippen LogP contribution in [0.1, 0.15) is 24.1 Å². The maximum atomic E-state index is 12.8. The van der Waals surface area contributed by atoms with Crippen molar-refractivity contribution in [1.29, 1.82) is 0 Å². The molecule has 45 heavy (non-hydrogen) atoms. The van der Waals surface area contributed by atoms with Gasteiger partial charge in [-0.1, -0.05) is 35.9 Å². The van der Waals surface area contributed by atoms with Crippen molar-refractivity contribution >= 4 is 39.8 Å². The van der Waals surface area contributed by atoms with Crippen molar-refractivity contribution in [3.8, 4) is 6.01 Å². The minimum atomic E-state index is -0.702. The van der Waals surface area contributed by atoms with E-state index in [4.69, 9.17) is 32.9 Å². The number of aromatic nitrogens is 2. The second-order valence-electron chi connectivity index (χ2n) is 12.6. The second-order valence-corrected chi connectivity index (χ2v) is 13.0. The zero-order chi connectivity index (χ0) is 31.6. The summed E-state index contributed by atoms with van der Waals surface area (Å²) in [5, 5.41) is 2.84. The van der Waals surface area contributed by atoms with E-state index in [0.29, 0.717) is 38.8 Å². The Balaban J connectivity index is 1.32. The normalized spacial score (nSPS) is 19.2. The molecule has 0 N–H and O–H groups in total. The molecule has 6 rings (SSSR count). The van der Waals surface area contributed by atoms with Gasteiger partial charge in [0.2, 0.25) is 12.5 Å². The fourth-order valence-corrected chi connectivity index (χ4v) is 6.99. The summed E-state index contributed by atoms with van der Waals surface area (Å²) < 4.78 is 19.1. The highest BCUT2D eigenvalue weighted by Gasteiger charge is 2.44. The maximum Gasteiger partial charge on any atom is 0.318 e. The van der Waals surface area contributed by atoms with Gasteiger partial charge >= 0.3 is 6.01 Å². The number of piperazine rings is 1. The topological polar surface area (TPSA) is 69.4 Å². The Kier molecular flexibility index (Phi) is 9.11. The van der Waals surface area contributed by atoms with E-state index in [1.165, 1.54) is 12.2 Å². The fraction of sp³-hybridized carbons (Fsp3) is 0.471. The van der Waals surface area contributed by atoms with Gasteiger partial charge < -0.3 is 29.2 Å². The largest absolute Gasteiger partial charge is 0.463 e. The molecule has 1 amide bonds. The third-order valence-electron chi connectivity index (χ3n) is 9.03. The van der Waals surface area contributed by atoms with Crippen LogP contribution in [0.4, 0.5) is 15.9 Å². The predicted molar refractivity (Wildman–Crippen MR) is 176 cm³/mol. The van der Waals surface area contributed by atoms with Crippen LogP contribution < -0.4 is 14.5 Å². The van der Waals surface area contributed by atoms with E-state index in [9.17, 15) is 9.18 Å². The zero-order valence-corrected chi connectivity index (χ0v) is 26.6. The van der Waals surface area contributed by atoms with Gasteiger partial charge in [0.15, 0.2) is 0 Å². The number of hydrogen-bond donors (Lipinski definition) is 0. The van der Waals surface area contributed by atoms with Crippen LogP contribution in [0.15, 0.2) is 48.6 Å². The summed E-state index contributed by atoms with van der Waals surface area (Å²) >= 11 is 6.71. The summed E-state index contributed by atoms with van der Waals surface area (Å²) in [7, 11) is 4.16. The van der Waals surface area contributed by atoms with E-state index in [1.807, 2.05) is 12.1 Å². The molecule has 11 heteroatoms. The third-order valence-corrected chi connectivity index (χ3v) is 9.34. The summed E-state index contributed by atoms with van der Waals surface area (Å²) in [6.07, 6.45) is 5.43. The first kappa shape index (κ1) is 31.1. The molecule has 1 saturated heterocycles. The number of anilines is 2. The number of carbonyl (C=O) groups excluding carboxylic acids is 1. The second kappa shape index (κ2) is 13.2. The van der Waals surface area contributed by atoms with Crippen LogP contribution >= 0.6 is 11.6 Å². The Morgan fingerprint density at radius 1 is 1.18 bits per heavy atom. The summed E-state index contributed by atoms with van der Waals surface area (Å²) in [5.41, 5.74) is 3.17. The van der Waals surface area contributed by atoms with Crippen molar-refractivity contribution in [2.24, 2.45) is 5.41 Å². The molecule has 3 aromatic rings. The van der Waals surface area contributed by atoms with Crippen LogP contribution in [0.5, 0.6) is 6.01 Å². The Morgan fingerprint density at radius 2 is 1.98 bits per heavy atom. The van der Waals surface area contributed by atoms with Crippen molar-refractivity contribution in [2.75, 3.05) is 76.4 Å². The van der Waals surface area contributed by atoms with E-state index in [1.54, 1.807) is 4.90 Å². The molecule has 3 aliphatic rings. The van der Waals surface area contributed by atoms with Crippen LogP contribution in [0.25, 0.3) is 15.6 Å². The standard InChI is InChI=1S/C34H39ClFN7O2/c1-37-19-25-20-42(17-18-43(25)30(44)11-6-15-36)32-26-12-16-41(29-10-5-8-24-7-4-9-27(35)31(24)29)21-28(26)38-33(39-32)45-23-34(13-14-34)22-40(2)3/h4-11,25H,12-23H2,2-3H3/b11-6+/t25-/m0/s1. The Labute approximate surface area is 269 Å². The van der Waals surface area contributed by atoms with Crippen LogP contribution in [-0.4, -0.2) is 98.4 Å². The number of allylic oxidation sites excluding steroid dienone is 1. The average molecular weight is 632 g/mol. The number of hydrogen-bond acceptors (Lipinski definition) is 7. The SMILES string of the molecule is [C-]#[N+]C[C@H]1CN(c2nc(OCC3(CN(C)C)CC3)nc3c2CCN(c2cccc4cccc(Cl)c24)C3)CCN1C(=O)/C=C/CF. The zero-order valence-electron chi connectivity index (χ0n) is 25.9. The predicted octanol–water partition coefficient (Wildman–Crippen LogP) is 5.03. The Bertz CT molecular complexity index is 1630. The number of fused-ring (bicyclic) bond motifs is 2. The first-order valence-electron chi connectivity index (χ1n) is 15.5. The highest BCUT2D eigenvalue weighted by atomic mass is 35.5. The maximum absolute atomic E-state index is 12.8. The fourth-order valence-electron chi connectivity index (χ4n) is 6.71. The molecule has 1 saturated carbocycles. The van der Waals surface area contributed by atoms with Gasteiger partial charge in [-0.05, 0) is 57.0 Å². The van der Waals surface area contributed by atoms with Gasteiger partial charge in [0.05, 0.1) is 23.9 Å². The number of carbonyl (C=O) groups is 1. The number of ether oxygens (including phenoxy) is 1. The number of nitrogens with zero attached hydrogens (tertiary/aromatic N) is 7. The van der Waals surface area contributed by atoms with Crippen molar-refractivity contribution in [2.45, 2.75) is 31.8 Å². The van der Waals surface area contributed by atoms with Crippen LogP contribution in [0.3, 0.4) is 0 Å². The van der Waals surface area contributed by atoms with E-state index >= 15 is 0 Å². The lowest BCUT2D eigenvalue weighted by molar-refractivity contribution is -0.128. The molecule has 0 radical (unpaired) electrons. The van der Waals surface area contributed by atoms with Gasteiger partial charge in [-0.25, -0.2) is 11.0 Å². The average Bonchev–Trinajstić information content (AvgIpc) is 3.80. The molecule has 1 aromatic heterocycles. The molecule has 0 spiro atoms. The van der Waals surface area contributed by atoms with E-state index in [-0.39, 0.29) is 23.9 Å². The Morgan fingerprint density at radius 3 is 2.71 bits per heavy atom. The third kappa shape index (κ3) is 6.70. The van der Waals surface area contributed by atoms with Gasteiger partial charge in [-0.2, -0.15) is 9.97 Å². The lowest BCUT2D eigenvalue weighted by atomic mass is 10.0. The quantitative estimate of drug-likeness (QED) is 0.230. The summed E-state index contributed by atoms with van der Waals surface area (Å²) in [4.78, 5) is 34.8. The first-order chi connectivity index (χ1) is 21.8. The van der Waals surface area contributed by atoms with Crippen LogP contribution in [-0.2, 0) is 17.8 Å². The van der Waals surface area contributed by atoms with E-state index < -0.39 is 6.67 Å². The molecule has 0 unspecified atom stereocenters. The number of benzene rings is 2. The van der Waals surface area contributed by atoms with Gasteiger partial charge in [-0.3, -0.25) is 4.79 Å². The monoisotopic (exact) mass is 631 g/mol. The van der Waals surface area contributed by atoms with Crippen LogP contribution in [0, 0.1) is 12.0 Å². The van der Waals surface area contributed by atoms with Crippen molar-refractivity contribution < 1.29 is 13.9 Å². The lowest BCUT2D eigenvalue weighted by Crippen LogP contribution is -2.56. The number of amides is 1. The number of alkyl halides is 1. The summed E-state index contributed by atoms with van der Waals surface area (Å²) in [6, 6.07) is 12.2. The molecule has 1 atom stereocenters. The molecular weight excluding hydrogens is 593 g/mol. The summed E-state index contributed by atoms with van der Waals surface area (Å²) in [5.74, 6) is 0.541. The molecule has 0 bridgehead atoms. The number of halogens is 2. The van der Waals surface area contributed by atoms with Crippen molar-refractivity contribution in [3.63, 3.8) is 0 Å². The van der Waals surface area contributed by atoms with Gasteiger partial charge in [0, 0.05) is 60.9 Å². The highest BCUT2D eigenvalue weighted by Crippen LogP contribution is 2.46. The van der Waals surface area contributed by atoms with Crippen molar-refractivity contribution in [3.05, 3.63) is 76.2 Å². The molecule has 3 heterocycles. The summed E-state index contributed by atoms with van der Waals surface area (Å²) in [6.45, 7) is 11.2. The highest BCUT2D eigenvalue weighted by molar-refractivity contribution is 6.36.